The van der Waals surface area contributed by atoms with E-state index in [0.717, 1.165) is 29.7 Å². The van der Waals surface area contributed by atoms with Gasteiger partial charge in [-0.2, -0.15) is 0 Å². The molecule has 0 saturated carbocycles. The third kappa shape index (κ3) is 8.18. The number of halogens is 1. The number of rotatable bonds is 9. The number of carbonyl (C=O) groups is 1. The van der Waals surface area contributed by atoms with Crippen LogP contribution in [-0.4, -0.2) is 27.1 Å². The fourth-order valence-corrected chi connectivity index (χ4v) is 2.52. The number of hydrogen-bond acceptors (Lipinski definition) is 3. The molecule has 4 heteroatoms. The lowest BCUT2D eigenvalue weighted by Crippen LogP contribution is -1.91. The maximum atomic E-state index is 14.2. The molecule has 146 valence electrons. The number of hydrogen-bond donors (Lipinski definition) is 0. The Morgan fingerprint density at radius 2 is 1.81 bits per heavy atom. The van der Waals surface area contributed by atoms with Gasteiger partial charge in [-0.25, -0.2) is 4.39 Å². The second-order valence-electron chi connectivity index (χ2n) is 6.21. The minimum Gasteiger partial charge on any atom is -0.497 e. The SMILES string of the molecule is C=C(C=O)COC.CCCCCc1ccc(-c2ccc(OC)cc2)c(F)c1. The topological polar surface area (TPSA) is 35.5 Å². The minimum atomic E-state index is -0.149. The zero-order valence-corrected chi connectivity index (χ0v) is 16.5. The number of benzene rings is 2. The average Bonchev–Trinajstić information content (AvgIpc) is 2.69. The van der Waals surface area contributed by atoms with Crippen LogP contribution in [0.4, 0.5) is 4.39 Å². The van der Waals surface area contributed by atoms with Gasteiger partial charge in [0.1, 0.15) is 17.9 Å². The third-order valence-electron chi connectivity index (χ3n) is 4.00. The van der Waals surface area contributed by atoms with Gasteiger partial charge in [-0.3, -0.25) is 4.79 Å². The molecular formula is C23H29FO3. The highest BCUT2D eigenvalue weighted by atomic mass is 19.1. The van der Waals surface area contributed by atoms with E-state index in [1.165, 1.54) is 20.0 Å². The number of aryl methyl sites for hydroxylation is 1. The molecule has 0 spiro atoms. The van der Waals surface area contributed by atoms with Gasteiger partial charge in [0.2, 0.25) is 0 Å². The summed E-state index contributed by atoms with van der Waals surface area (Å²) in [5, 5.41) is 0. The molecule has 2 aromatic rings. The number of aldehydes is 1. The molecule has 27 heavy (non-hydrogen) atoms. The van der Waals surface area contributed by atoms with Gasteiger partial charge in [0, 0.05) is 18.2 Å². The number of carbonyl (C=O) groups excluding carboxylic acids is 1. The standard InChI is InChI=1S/C18H21FO.C5H8O2/c1-3-4-5-6-14-7-12-17(18(19)13-14)15-8-10-16(20-2)11-9-15;1-5(3-6)4-7-2/h7-13H,3-6H2,1-2H3;3H,1,4H2,2H3. The van der Waals surface area contributed by atoms with E-state index in [2.05, 4.69) is 18.2 Å². The van der Waals surface area contributed by atoms with Gasteiger partial charge in [-0.15, -0.1) is 0 Å². The van der Waals surface area contributed by atoms with Crippen molar-refractivity contribution in [2.75, 3.05) is 20.8 Å². The lowest BCUT2D eigenvalue weighted by Gasteiger charge is -2.07. The van der Waals surface area contributed by atoms with Crippen molar-refractivity contribution in [1.82, 2.24) is 0 Å². The molecular weight excluding hydrogens is 343 g/mol. The van der Waals surface area contributed by atoms with Crippen molar-refractivity contribution in [2.24, 2.45) is 0 Å². The molecule has 0 N–H and O–H groups in total. The van der Waals surface area contributed by atoms with Gasteiger partial charge >= 0.3 is 0 Å². The van der Waals surface area contributed by atoms with Crippen molar-refractivity contribution in [3.63, 3.8) is 0 Å². The first-order valence-electron chi connectivity index (χ1n) is 9.10. The molecule has 0 heterocycles. The highest BCUT2D eigenvalue weighted by molar-refractivity contribution is 5.72. The van der Waals surface area contributed by atoms with Crippen LogP contribution in [-0.2, 0) is 16.0 Å². The van der Waals surface area contributed by atoms with Gasteiger partial charge < -0.3 is 9.47 Å². The average molecular weight is 372 g/mol. The van der Waals surface area contributed by atoms with E-state index in [9.17, 15) is 9.18 Å². The smallest absolute Gasteiger partial charge is 0.147 e. The zero-order chi connectivity index (χ0) is 20.1. The zero-order valence-electron chi connectivity index (χ0n) is 16.5. The maximum absolute atomic E-state index is 14.2. The van der Waals surface area contributed by atoms with E-state index in [4.69, 9.17) is 4.74 Å². The van der Waals surface area contributed by atoms with Crippen LogP contribution in [0, 0.1) is 5.82 Å². The second kappa shape index (κ2) is 12.8. The van der Waals surface area contributed by atoms with Crippen LogP contribution in [0.15, 0.2) is 54.6 Å². The normalized spacial score (nSPS) is 9.93. The molecule has 0 aromatic heterocycles. The molecule has 0 saturated heterocycles. The van der Waals surface area contributed by atoms with E-state index in [1.54, 1.807) is 13.2 Å². The van der Waals surface area contributed by atoms with Crippen LogP contribution < -0.4 is 4.74 Å². The quantitative estimate of drug-likeness (QED) is 0.325. The summed E-state index contributed by atoms with van der Waals surface area (Å²) in [7, 11) is 3.15. The van der Waals surface area contributed by atoms with E-state index in [1.807, 2.05) is 36.4 Å². The summed E-state index contributed by atoms with van der Waals surface area (Å²) < 4.78 is 23.9. The van der Waals surface area contributed by atoms with Crippen molar-refractivity contribution in [3.8, 4) is 16.9 Å². The fraction of sp³-hybridized carbons (Fsp3) is 0.348. The molecule has 0 atom stereocenters. The van der Waals surface area contributed by atoms with Crippen molar-refractivity contribution in [2.45, 2.75) is 32.6 Å². The molecule has 0 amide bonds. The van der Waals surface area contributed by atoms with Crippen LogP contribution in [0.5, 0.6) is 5.75 Å². The molecule has 0 aliphatic rings. The van der Waals surface area contributed by atoms with Crippen molar-refractivity contribution in [3.05, 3.63) is 66.0 Å². The number of ether oxygens (including phenoxy) is 2. The van der Waals surface area contributed by atoms with Gasteiger partial charge in [0.15, 0.2) is 0 Å². The summed E-state index contributed by atoms with van der Waals surface area (Å²) >= 11 is 0. The predicted octanol–water partition coefficient (Wildman–Crippen LogP) is 5.62. The molecule has 0 fully saturated rings. The van der Waals surface area contributed by atoms with Gasteiger partial charge in [0.25, 0.3) is 0 Å². The molecule has 0 bridgehead atoms. The predicted molar refractivity (Wildman–Crippen MR) is 109 cm³/mol. The van der Waals surface area contributed by atoms with Gasteiger partial charge in [-0.05, 0) is 42.2 Å². The summed E-state index contributed by atoms with van der Waals surface area (Å²) in [6.07, 6.45) is 5.14. The van der Waals surface area contributed by atoms with Crippen LogP contribution in [0.1, 0.15) is 31.7 Å². The molecule has 0 aliphatic carbocycles. The van der Waals surface area contributed by atoms with Crippen molar-refractivity contribution in [1.29, 1.82) is 0 Å². The molecule has 0 radical (unpaired) electrons. The van der Waals surface area contributed by atoms with Crippen LogP contribution in [0.2, 0.25) is 0 Å². The van der Waals surface area contributed by atoms with E-state index in [-0.39, 0.29) is 5.82 Å². The monoisotopic (exact) mass is 372 g/mol. The Hall–Kier alpha value is -2.46. The Balaban J connectivity index is 0.000000445. The van der Waals surface area contributed by atoms with Crippen LogP contribution in [0.25, 0.3) is 11.1 Å². The Bertz CT molecular complexity index is 708. The van der Waals surface area contributed by atoms with E-state index >= 15 is 0 Å². The first kappa shape index (κ1) is 22.6. The first-order chi connectivity index (χ1) is 13.0. The summed E-state index contributed by atoms with van der Waals surface area (Å²) in [5.41, 5.74) is 3.08. The second-order valence-corrected chi connectivity index (χ2v) is 6.21. The number of unbranched alkanes of at least 4 members (excludes halogenated alkanes) is 2. The highest BCUT2D eigenvalue weighted by Gasteiger charge is 2.06. The first-order valence-corrected chi connectivity index (χ1v) is 9.10. The van der Waals surface area contributed by atoms with Crippen molar-refractivity contribution >= 4 is 6.29 Å². The lowest BCUT2D eigenvalue weighted by molar-refractivity contribution is -0.105. The van der Waals surface area contributed by atoms with Crippen LogP contribution >= 0.6 is 0 Å². The maximum Gasteiger partial charge on any atom is 0.147 e. The van der Waals surface area contributed by atoms with E-state index < -0.39 is 0 Å². The fourth-order valence-electron chi connectivity index (χ4n) is 2.52. The van der Waals surface area contributed by atoms with Crippen molar-refractivity contribution < 1.29 is 18.7 Å². The Labute approximate surface area is 161 Å². The molecule has 0 aliphatic heterocycles. The minimum absolute atomic E-state index is 0.149. The third-order valence-corrected chi connectivity index (χ3v) is 4.00. The largest absolute Gasteiger partial charge is 0.497 e. The molecule has 2 aromatic carbocycles. The summed E-state index contributed by atoms with van der Waals surface area (Å²) in [6.45, 7) is 5.88. The Morgan fingerprint density at radius 1 is 1.11 bits per heavy atom. The molecule has 2 rings (SSSR count). The van der Waals surface area contributed by atoms with Gasteiger partial charge in [-0.1, -0.05) is 50.6 Å². The molecule has 3 nitrogen and oxygen atoms in total. The summed E-state index contributed by atoms with van der Waals surface area (Å²) in [4.78, 5) is 9.72. The number of methoxy groups -OCH3 is 2. The van der Waals surface area contributed by atoms with Gasteiger partial charge in [0.05, 0.1) is 13.7 Å². The Kier molecular flexibility index (Phi) is 10.7. The summed E-state index contributed by atoms with van der Waals surface area (Å²) in [5.74, 6) is 0.634. The highest BCUT2D eigenvalue weighted by Crippen LogP contribution is 2.26. The summed E-state index contributed by atoms with van der Waals surface area (Å²) in [6, 6.07) is 13.0. The molecule has 0 unspecified atom stereocenters. The van der Waals surface area contributed by atoms with E-state index in [0.29, 0.717) is 24.0 Å². The van der Waals surface area contributed by atoms with Crippen LogP contribution in [0.3, 0.4) is 0 Å². The lowest BCUT2D eigenvalue weighted by atomic mass is 10.0. The Morgan fingerprint density at radius 3 is 2.30 bits per heavy atom.